The standard InChI is InChI=1S/C21H20FNO3S/c22-16-6-4-15(5-7-16)14-26-19-2-1-3-20-17(19)12-21(27-20)18(24)13-23-8-10-25-11-9-23/h1-7,12H,8-11,13-14H2. The van der Waals surface area contributed by atoms with Gasteiger partial charge in [-0.2, -0.15) is 0 Å². The van der Waals surface area contributed by atoms with Crippen LogP contribution >= 0.6 is 11.3 Å². The number of halogens is 1. The van der Waals surface area contributed by atoms with E-state index in [9.17, 15) is 9.18 Å². The van der Waals surface area contributed by atoms with Crippen molar-refractivity contribution in [2.24, 2.45) is 0 Å². The summed E-state index contributed by atoms with van der Waals surface area (Å²) >= 11 is 1.49. The zero-order valence-electron chi connectivity index (χ0n) is 14.8. The fraction of sp³-hybridized carbons (Fsp3) is 0.286. The lowest BCUT2D eigenvalue weighted by molar-refractivity contribution is 0.0372. The average Bonchev–Trinajstić information content (AvgIpc) is 3.13. The molecule has 140 valence electrons. The molecule has 0 N–H and O–H groups in total. The van der Waals surface area contributed by atoms with Crippen LogP contribution in [-0.2, 0) is 11.3 Å². The average molecular weight is 385 g/mol. The Morgan fingerprint density at radius 1 is 1.15 bits per heavy atom. The van der Waals surface area contributed by atoms with Crippen LogP contribution in [-0.4, -0.2) is 43.5 Å². The normalized spacial score (nSPS) is 15.1. The molecule has 1 fully saturated rings. The van der Waals surface area contributed by atoms with Gasteiger partial charge >= 0.3 is 0 Å². The summed E-state index contributed by atoms with van der Waals surface area (Å²) < 4.78 is 25.3. The van der Waals surface area contributed by atoms with E-state index in [1.54, 1.807) is 12.1 Å². The number of ether oxygens (including phenoxy) is 2. The van der Waals surface area contributed by atoms with E-state index >= 15 is 0 Å². The molecule has 3 aromatic rings. The van der Waals surface area contributed by atoms with Gasteiger partial charge in [0.15, 0.2) is 5.78 Å². The molecule has 0 bridgehead atoms. The molecule has 6 heteroatoms. The molecule has 1 aliphatic rings. The van der Waals surface area contributed by atoms with Crippen LogP contribution in [0.2, 0.25) is 0 Å². The van der Waals surface area contributed by atoms with Gasteiger partial charge < -0.3 is 9.47 Å². The summed E-state index contributed by atoms with van der Waals surface area (Å²) in [6.07, 6.45) is 0. The van der Waals surface area contributed by atoms with Crippen molar-refractivity contribution in [3.05, 3.63) is 64.8 Å². The van der Waals surface area contributed by atoms with Crippen LogP contribution in [0, 0.1) is 5.82 Å². The molecule has 0 saturated carbocycles. The van der Waals surface area contributed by atoms with Crippen molar-refractivity contribution in [3.8, 4) is 5.75 Å². The quantitative estimate of drug-likeness (QED) is 0.598. The number of Topliss-reactive ketones (excluding diaryl/α,β-unsaturated/α-hetero) is 1. The molecule has 27 heavy (non-hydrogen) atoms. The van der Waals surface area contributed by atoms with Crippen molar-refractivity contribution in [1.29, 1.82) is 0 Å². The molecule has 0 spiro atoms. The van der Waals surface area contributed by atoms with Gasteiger partial charge in [0.05, 0.1) is 24.6 Å². The Kier molecular flexibility index (Phi) is 5.48. The molecule has 1 aromatic heterocycles. The number of benzene rings is 2. The van der Waals surface area contributed by atoms with E-state index < -0.39 is 0 Å². The number of morpholine rings is 1. The van der Waals surface area contributed by atoms with Crippen LogP contribution in [0.4, 0.5) is 4.39 Å². The fourth-order valence-corrected chi connectivity index (χ4v) is 4.09. The van der Waals surface area contributed by atoms with Gasteiger partial charge in [0, 0.05) is 23.2 Å². The Balaban J connectivity index is 1.49. The van der Waals surface area contributed by atoms with E-state index in [0.29, 0.717) is 26.4 Å². The Labute approximate surface area is 161 Å². The number of fused-ring (bicyclic) bond motifs is 1. The number of carbonyl (C=O) groups excluding carboxylic acids is 1. The van der Waals surface area contributed by atoms with Gasteiger partial charge in [0.25, 0.3) is 0 Å². The van der Waals surface area contributed by atoms with E-state index in [1.165, 1.54) is 23.5 Å². The predicted molar refractivity (Wildman–Crippen MR) is 104 cm³/mol. The summed E-state index contributed by atoms with van der Waals surface area (Å²) in [5.41, 5.74) is 0.896. The van der Waals surface area contributed by atoms with Crippen molar-refractivity contribution < 1.29 is 18.7 Å². The highest BCUT2D eigenvalue weighted by molar-refractivity contribution is 7.20. The Morgan fingerprint density at radius 3 is 2.70 bits per heavy atom. The van der Waals surface area contributed by atoms with Crippen LogP contribution in [0.3, 0.4) is 0 Å². The lowest BCUT2D eigenvalue weighted by Gasteiger charge is -2.25. The van der Waals surface area contributed by atoms with Crippen LogP contribution in [0.1, 0.15) is 15.2 Å². The van der Waals surface area contributed by atoms with Gasteiger partial charge in [-0.05, 0) is 35.9 Å². The lowest BCUT2D eigenvalue weighted by atomic mass is 10.2. The molecule has 4 rings (SSSR count). The molecular formula is C21H20FNO3S. The van der Waals surface area contributed by atoms with Crippen LogP contribution in [0.15, 0.2) is 48.5 Å². The first kappa shape index (κ1) is 18.1. The topological polar surface area (TPSA) is 38.8 Å². The minimum Gasteiger partial charge on any atom is -0.488 e. The van der Waals surface area contributed by atoms with Crippen molar-refractivity contribution in [2.75, 3.05) is 32.8 Å². The maximum atomic E-state index is 13.0. The molecule has 4 nitrogen and oxygen atoms in total. The molecule has 0 aliphatic carbocycles. The monoisotopic (exact) mass is 385 g/mol. The van der Waals surface area contributed by atoms with Gasteiger partial charge in [-0.15, -0.1) is 11.3 Å². The predicted octanol–water partition coefficient (Wildman–Crippen LogP) is 4.13. The first-order valence-electron chi connectivity index (χ1n) is 8.92. The molecule has 1 saturated heterocycles. The second kappa shape index (κ2) is 8.17. The summed E-state index contributed by atoms with van der Waals surface area (Å²) in [5, 5.41) is 0.940. The van der Waals surface area contributed by atoms with E-state index in [2.05, 4.69) is 4.90 Å². The molecule has 1 aliphatic heterocycles. The van der Waals surface area contributed by atoms with Gasteiger partial charge in [-0.1, -0.05) is 18.2 Å². The largest absolute Gasteiger partial charge is 0.488 e. The maximum absolute atomic E-state index is 13.0. The third-order valence-corrected chi connectivity index (χ3v) is 5.72. The molecule has 2 aromatic carbocycles. The second-order valence-electron chi connectivity index (χ2n) is 6.51. The SMILES string of the molecule is O=C(CN1CCOCC1)c1cc2c(OCc3ccc(F)cc3)cccc2s1. The number of ketones is 1. The van der Waals surface area contributed by atoms with Crippen molar-refractivity contribution >= 4 is 27.2 Å². The molecule has 2 heterocycles. The number of nitrogens with zero attached hydrogens (tertiary/aromatic N) is 1. The summed E-state index contributed by atoms with van der Waals surface area (Å²) in [6, 6.07) is 14.0. The zero-order chi connectivity index (χ0) is 18.6. The third kappa shape index (κ3) is 4.35. The van der Waals surface area contributed by atoms with E-state index in [0.717, 1.165) is 39.4 Å². The van der Waals surface area contributed by atoms with Crippen LogP contribution in [0.25, 0.3) is 10.1 Å². The number of carbonyl (C=O) groups is 1. The van der Waals surface area contributed by atoms with E-state index in [1.807, 2.05) is 24.3 Å². The summed E-state index contributed by atoms with van der Waals surface area (Å²) in [5.74, 6) is 0.600. The smallest absolute Gasteiger partial charge is 0.186 e. The summed E-state index contributed by atoms with van der Waals surface area (Å²) in [6.45, 7) is 3.72. The Bertz CT molecular complexity index is 932. The molecular weight excluding hydrogens is 365 g/mol. The zero-order valence-corrected chi connectivity index (χ0v) is 15.6. The van der Waals surface area contributed by atoms with E-state index in [4.69, 9.17) is 9.47 Å². The Hall–Kier alpha value is -2.28. The highest BCUT2D eigenvalue weighted by Gasteiger charge is 2.18. The fourth-order valence-electron chi connectivity index (χ4n) is 3.08. The minimum atomic E-state index is -0.262. The van der Waals surface area contributed by atoms with Gasteiger partial charge in [0.1, 0.15) is 18.2 Å². The van der Waals surface area contributed by atoms with Gasteiger partial charge in [0.2, 0.25) is 0 Å². The van der Waals surface area contributed by atoms with Crippen molar-refractivity contribution in [1.82, 2.24) is 4.90 Å². The second-order valence-corrected chi connectivity index (χ2v) is 7.59. The number of thiophene rings is 1. The molecule has 0 unspecified atom stereocenters. The first-order chi connectivity index (χ1) is 13.2. The van der Waals surface area contributed by atoms with Crippen molar-refractivity contribution in [3.63, 3.8) is 0 Å². The van der Waals surface area contributed by atoms with Gasteiger partial charge in [-0.25, -0.2) is 4.39 Å². The van der Waals surface area contributed by atoms with Crippen LogP contribution in [0.5, 0.6) is 5.75 Å². The summed E-state index contributed by atoms with van der Waals surface area (Å²) in [4.78, 5) is 15.5. The third-order valence-electron chi connectivity index (χ3n) is 4.57. The van der Waals surface area contributed by atoms with Crippen LogP contribution < -0.4 is 4.74 Å². The minimum absolute atomic E-state index is 0.127. The lowest BCUT2D eigenvalue weighted by Crippen LogP contribution is -2.39. The Morgan fingerprint density at radius 2 is 1.93 bits per heavy atom. The van der Waals surface area contributed by atoms with Crippen molar-refractivity contribution in [2.45, 2.75) is 6.61 Å². The number of hydrogen-bond acceptors (Lipinski definition) is 5. The first-order valence-corrected chi connectivity index (χ1v) is 9.74. The highest BCUT2D eigenvalue weighted by Crippen LogP contribution is 2.33. The highest BCUT2D eigenvalue weighted by atomic mass is 32.1. The van der Waals surface area contributed by atoms with E-state index in [-0.39, 0.29) is 11.6 Å². The molecule has 0 amide bonds. The van der Waals surface area contributed by atoms with Gasteiger partial charge in [-0.3, -0.25) is 9.69 Å². The molecule has 0 radical (unpaired) electrons. The summed E-state index contributed by atoms with van der Waals surface area (Å²) in [7, 11) is 0. The molecule has 0 atom stereocenters. The number of hydrogen-bond donors (Lipinski definition) is 0. The maximum Gasteiger partial charge on any atom is 0.186 e. The number of rotatable bonds is 6.